The second kappa shape index (κ2) is 4.51. The highest BCUT2D eigenvalue weighted by molar-refractivity contribution is 7.80. The molecule has 0 unspecified atom stereocenters. The van der Waals surface area contributed by atoms with Gasteiger partial charge in [0.25, 0.3) is 0 Å². The fraction of sp³-hybridized carbons (Fsp3) is 0.400. The van der Waals surface area contributed by atoms with Gasteiger partial charge < -0.3 is 4.74 Å². The van der Waals surface area contributed by atoms with Gasteiger partial charge >= 0.3 is 0 Å². The van der Waals surface area contributed by atoms with Crippen molar-refractivity contribution in [2.24, 2.45) is 5.92 Å². The molecule has 3 heteroatoms. The standard InChI is InChI=1S/C10H13FOS/c1-7(2)6-12-10-4-3-8(13)5-9(10)11/h3-5,7,13H,6H2,1-2H3. The van der Waals surface area contributed by atoms with E-state index in [-0.39, 0.29) is 5.82 Å². The predicted molar refractivity (Wildman–Crippen MR) is 54.0 cm³/mol. The van der Waals surface area contributed by atoms with Gasteiger partial charge in [0, 0.05) is 4.90 Å². The summed E-state index contributed by atoms with van der Waals surface area (Å²) in [6.45, 7) is 4.57. The highest BCUT2D eigenvalue weighted by Gasteiger charge is 2.03. The Hall–Kier alpha value is -0.700. The van der Waals surface area contributed by atoms with Crippen LogP contribution in [0.25, 0.3) is 0 Å². The van der Waals surface area contributed by atoms with Gasteiger partial charge in [-0.05, 0) is 24.1 Å². The topological polar surface area (TPSA) is 9.23 Å². The van der Waals surface area contributed by atoms with Crippen molar-refractivity contribution in [3.63, 3.8) is 0 Å². The first kappa shape index (κ1) is 10.4. The summed E-state index contributed by atoms with van der Waals surface area (Å²) in [5.74, 6) is 0.342. The lowest BCUT2D eigenvalue weighted by Crippen LogP contribution is -2.05. The second-order valence-corrected chi connectivity index (χ2v) is 3.84. The summed E-state index contributed by atoms with van der Waals surface area (Å²) in [6.07, 6.45) is 0. The summed E-state index contributed by atoms with van der Waals surface area (Å²) < 4.78 is 18.4. The van der Waals surface area contributed by atoms with Gasteiger partial charge in [0.1, 0.15) is 0 Å². The fourth-order valence-corrected chi connectivity index (χ4v) is 1.05. The van der Waals surface area contributed by atoms with Crippen molar-refractivity contribution in [3.8, 4) is 5.75 Å². The molecule has 0 spiro atoms. The van der Waals surface area contributed by atoms with Crippen LogP contribution in [0.3, 0.4) is 0 Å². The third-order valence-corrected chi connectivity index (χ3v) is 1.77. The van der Waals surface area contributed by atoms with E-state index in [9.17, 15) is 4.39 Å². The number of hydrogen-bond acceptors (Lipinski definition) is 2. The number of hydrogen-bond donors (Lipinski definition) is 1. The zero-order valence-corrected chi connectivity index (χ0v) is 8.64. The minimum Gasteiger partial charge on any atom is -0.490 e. The second-order valence-electron chi connectivity index (χ2n) is 3.32. The predicted octanol–water partition coefficient (Wildman–Crippen LogP) is 3.15. The van der Waals surface area contributed by atoms with Gasteiger partial charge in [0.05, 0.1) is 6.61 Å². The number of halogens is 1. The van der Waals surface area contributed by atoms with E-state index in [1.54, 1.807) is 12.1 Å². The van der Waals surface area contributed by atoms with Gasteiger partial charge in [0.15, 0.2) is 11.6 Å². The maximum atomic E-state index is 13.1. The van der Waals surface area contributed by atoms with Crippen LogP contribution >= 0.6 is 12.6 Å². The molecule has 72 valence electrons. The molecule has 0 N–H and O–H groups in total. The lowest BCUT2D eigenvalue weighted by molar-refractivity contribution is 0.259. The zero-order valence-electron chi connectivity index (χ0n) is 7.75. The molecule has 0 aliphatic carbocycles. The molecule has 0 aliphatic rings. The summed E-state index contributed by atoms with van der Waals surface area (Å²) in [4.78, 5) is 0.606. The molecule has 1 aromatic carbocycles. The SMILES string of the molecule is CC(C)COc1ccc(S)cc1F. The molecule has 1 nitrogen and oxygen atoms in total. The van der Waals surface area contributed by atoms with Crippen LogP contribution in [-0.2, 0) is 0 Å². The van der Waals surface area contributed by atoms with Gasteiger partial charge in [0.2, 0.25) is 0 Å². The van der Waals surface area contributed by atoms with E-state index in [1.165, 1.54) is 6.07 Å². The smallest absolute Gasteiger partial charge is 0.166 e. The van der Waals surface area contributed by atoms with Crippen LogP contribution < -0.4 is 4.74 Å². The van der Waals surface area contributed by atoms with E-state index in [4.69, 9.17) is 4.74 Å². The minimum absolute atomic E-state index is 0.298. The van der Waals surface area contributed by atoms with Crippen molar-refractivity contribution < 1.29 is 9.13 Å². The first-order valence-electron chi connectivity index (χ1n) is 4.21. The average Bonchev–Trinajstić information content (AvgIpc) is 2.02. The molecule has 0 saturated carbocycles. The van der Waals surface area contributed by atoms with E-state index < -0.39 is 0 Å². The van der Waals surface area contributed by atoms with E-state index >= 15 is 0 Å². The maximum absolute atomic E-state index is 13.1. The highest BCUT2D eigenvalue weighted by atomic mass is 32.1. The first-order chi connectivity index (χ1) is 6.09. The van der Waals surface area contributed by atoms with Crippen molar-refractivity contribution >= 4 is 12.6 Å². The van der Waals surface area contributed by atoms with E-state index in [1.807, 2.05) is 13.8 Å². The molecule has 1 rings (SSSR count). The number of thiol groups is 1. The molecule has 0 aliphatic heterocycles. The summed E-state index contributed by atoms with van der Waals surface area (Å²) in [5, 5.41) is 0. The van der Waals surface area contributed by atoms with E-state index in [0.29, 0.717) is 23.2 Å². The largest absolute Gasteiger partial charge is 0.490 e. The first-order valence-corrected chi connectivity index (χ1v) is 4.65. The van der Waals surface area contributed by atoms with E-state index in [0.717, 1.165) is 0 Å². The van der Waals surface area contributed by atoms with Crippen molar-refractivity contribution in [2.75, 3.05) is 6.61 Å². The molecular weight excluding hydrogens is 187 g/mol. The number of rotatable bonds is 3. The normalized spacial score (nSPS) is 10.5. The Kier molecular flexibility index (Phi) is 3.60. The molecule has 0 radical (unpaired) electrons. The molecule has 0 atom stereocenters. The number of benzene rings is 1. The molecule has 13 heavy (non-hydrogen) atoms. The van der Waals surface area contributed by atoms with E-state index in [2.05, 4.69) is 12.6 Å². The Bertz CT molecular complexity index is 286. The van der Waals surface area contributed by atoms with Crippen LogP contribution in [-0.4, -0.2) is 6.61 Å². The lowest BCUT2D eigenvalue weighted by Gasteiger charge is -2.09. The molecule has 0 aromatic heterocycles. The molecular formula is C10H13FOS. The van der Waals surface area contributed by atoms with Crippen molar-refractivity contribution in [2.45, 2.75) is 18.7 Å². The molecule has 0 amide bonds. The third kappa shape index (κ3) is 3.27. The molecule has 0 fully saturated rings. The quantitative estimate of drug-likeness (QED) is 0.737. The number of ether oxygens (including phenoxy) is 1. The Balaban J connectivity index is 2.67. The Morgan fingerprint density at radius 2 is 2.15 bits per heavy atom. The highest BCUT2D eigenvalue weighted by Crippen LogP contribution is 2.20. The van der Waals surface area contributed by atoms with Crippen molar-refractivity contribution in [1.29, 1.82) is 0 Å². The summed E-state index contributed by atoms with van der Waals surface area (Å²) >= 11 is 4.01. The third-order valence-electron chi connectivity index (χ3n) is 1.49. The Labute approximate surface area is 83.3 Å². The van der Waals surface area contributed by atoms with Gasteiger partial charge in [-0.15, -0.1) is 12.6 Å². The maximum Gasteiger partial charge on any atom is 0.166 e. The van der Waals surface area contributed by atoms with Gasteiger partial charge in [-0.3, -0.25) is 0 Å². The van der Waals surface area contributed by atoms with Crippen LogP contribution in [0.4, 0.5) is 4.39 Å². The molecule has 0 heterocycles. The summed E-state index contributed by atoms with van der Waals surface area (Å²) in [5.41, 5.74) is 0. The van der Waals surface area contributed by atoms with Gasteiger partial charge in [-0.25, -0.2) is 4.39 Å². The lowest BCUT2D eigenvalue weighted by atomic mass is 10.2. The fourth-order valence-electron chi connectivity index (χ4n) is 0.863. The van der Waals surface area contributed by atoms with Gasteiger partial charge in [-0.1, -0.05) is 13.8 Å². The van der Waals surface area contributed by atoms with Crippen molar-refractivity contribution in [1.82, 2.24) is 0 Å². The van der Waals surface area contributed by atoms with Crippen LogP contribution in [0.5, 0.6) is 5.75 Å². The van der Waals surface area contributed by atoms with Gasteiger partial charge in [-0.2, -0.15) is 0 Å². The molecule has 0 bridgehead atoms. The van der Waals surface area contributed by atoms with Crippen LogP contribution in [0.15, 0.2) is 23.1 Å². The average molecular weight is 200 g/mol. The molecule has 1 aromatic rings. The Morgan fingerprint density at radius 3 is 2.69 bits per heavy atom. The van der Waals surface area contributed by atoms with Crippen molar-refractivity contribution in [3.05, 3.63) is 24.0 Å². The van der Waals surface area contributed by atoms with Crippen LogP contribution in [0.1, 0.15) is 13.8 Å². The van der Waals surface area contributed by atoms with Crippen LogP contribution in [0, 0.1) is 11.7 Å². The zero-order chi connectivity index (χ0) is 9.84. The summed E-state index contributed by atoms with van der Waals surface area (Å²) in [7, 11) is 0. The molecule has 0 saturated heterocycles. The monoisotopic (exact) mass is 200 g/mol. The Morgan fingerprint density at radius 1 is 1.46 bits per heavy atom. The minimum atomic E-state index is -0.354. The summed E-state index contributed by atoms with van der Waals surface area (Å²) in [6, 6.07) is 4.65. The van der Waals surface area contributed by atoms with Crippen LogP contribution in [0.2, 0.25) is 0 Å².